The van der Waals surface area contributed by atoms with Crippen molar-refractivity contribution in [2.45, 2.75) is 17.9 Å². The maximum Gasteiger partial charge on any atom is 0.331 e. The quantitative estimate of drug-likeness (QED) is 0.398. The van der Waals surface area contributed by atoms with Gasteiger partial charge >= 0.3 is 5.97 Å². The fourth-order valence-corrected chi connectivity index (χ4v) is 5.27. The minimum Gasteiger partial charge on any atom is -0.449 e. The molecule has 2 heterocycles. The standard InChI is InChI=1S/C25H25N3O5S/c1-19(33-23(29)13-12-21-8-5-7-20-9-6-14-26-24(20)21)25(30)27-15-17-28(18-16-27)34(31,32)22-10-3-2-4-11-22/h2-14,19H,15-18H2,1H3/b13-12+. The van der Waals surface area contributed by atoms with Crippen molar-refractivity contribution in [2.75, 3.05) is 26.2 Å². The van der Waals surface area contributed by atoms with Gasteiger partial charge in [-0.2, -0.15) is 4.31 Å². The number of fused-ring (bicyclic) bond motifs is 1. The molecular weight excluding hydrogens is 454 g/mol. The number of rotatable bonds is 6. The van der Waals surface area contributed by atoms with E-state index in [0.29, 0.717) is 0 Å². The summed E-state index contributed by atoms with van der Waals surface area (Å²) in [5.74, 6) is -0.996. The van der Waals surface area contributed by atoms with Crippen LogP contribution in [-0.2, 0) is 24.3 Å². The Morgan fingerprint density at radius 3 is 2.41 bits per heavy atom. The average molecular weight is 480 g/mol. The smallest absolute Gasteiger partial charge is 0.331 e. The number of benzene rings is 2. The number of piperazine rings is 1. The van der Waals surface area contributed by atoms with Gasteiger partial charge in [0, 0.05) is 49.4 Å². The van der Waals surface area contributed by atoms with E-state index in [4.69, 9.17) is 4.74 Å². The van der Waals surface area contributed by atoms with Crippen molar-refractivity contribution in [1.29, 1.82) is 0 Å². The van der Waals surface area contributed by atoms with E-state index in [9.17, 15) is 18.0 Å². The number of pyridine rings is 1. The monoisotopic (exact) mass is 479 g/mol. The van der Waals surface area contributed by atoms with Gasteiger partial charge in [0.15, 0.2) is 6.10 Å². The predicted octanol–water partition coefficient (Wildman–Crippen LogP) is 2.71. The van der Waals surface area contributed by atoms with E-state index in [1.807, 2.05) is 30.3 Å². The number of ether oxygens (including phenoxy) is 1. The molecule has 0 saturated carbocycles. The zero-order valence-corrected chi connectivity index (χ0v) is 19.5. The Balaban J connectivity index is 1.32. The highest BCUT2D eigenvalue weighted by molar-refractivity contribution is 7.89. The molecule has 1 amide bonds. The van der Waals surface area contributed by atoms with Gasteiger partial charge in [0.1, 0.15) is 0 Å². The molecule has 0 aliphatic carbocycles. The third-order valence-corrected chi connectivity index (χ3v) is 7.55. The summed E-state index contributed by atoms with van der Waals surface area (Å²) >= 11 is 0. The fraction of sp³-hybridized carbons (Fsp3) is 0.240. The lowest BCUT2D eigenvalue weighted by molar-refractivity contribution is -0.155. The van der Waals surface area contributed by atoms with Gasteiger partial charge in [0.25, 0.3) is 5.91 Å². The highest BCUT2D eigenvalue weighted by Crippen LogP contribution is 2.19. The van der Waals surface area contributed by atoms with Crippen molar-refractivity contribution in [3.8, 4) is 0 Å². The van der Waals surface area contributed by atoms with Crippen LogP contribution in [-0.4, -0.2) is 66.8 Å². The zero-order valence-electron chi connectivity index (χ0n) is 18.7. The molecule has 1 aromatic heterocycles. The number of sulfonamides is 1. The topological polar surface area (TPSA) is 96.9 Å². The molecule has 3 aromatic rings. The largest absolute Gasteiger partial charge is 0.449 e. The van der Waals surface area contributed by atoms with Gasteiger partial charge in [-0.25, -0.2) is 13.2 Å². The van der Waals surface area contributed by atoms with Gasteiger partial charge < -0.3 is 9.64 Å². The summed E-state index contributed by atoms with van der Waals surface area (Å²) in [6, 6.07) is 17.6. The highest BCUT2D eigenvalue weighted by Gasteiger charge is 2.32. The summed E-state index contributed by atoms with van der Waals surface area (Å²) in [6.07, 6.45) is 3.59. The minimum absolute atomic E-state index is 0.178. The molecule has 1 unspecified atom stereocenters. The Morgan fingerprint density at radius 2 is 1.68 bits per heavy atom. The normalized spacial score (nSPS) is 16.0. The molecule has 9 heteroatoms. The average Bonchev–Trinajstić information content (AvgIpc) is 2.87. The molecule has 1 aliphatic rings. The second-order valence-electron chi connectivity index (χ2n) is 7.88. The van der Waals surface area contributed by atoms with Crippen LogP contribution in [0.4, 0.5) is 0 Å². The third kappa shape index (κ3) is 5.16. The predicted molar refractivity (Wildman–Crippen MR) is 128 cm³/mol. The number of hydrogen-bond donors (Lipinski definition) is 0. The van der Waals surface area contributed by atoms with Crippen LogP contribution in [0.1, 0.15) is 12.5 Å². The van der Waals surface area contributed by atoms with Gasteiger partial charge in [0.2, 0.25) is 10.0 Å². The van der Waals surface area contributed by atoms with Crippen LogP contribution in [0.25, 0.3) is 17.0 Å². The van der Waals surface area contributed by atoms with E-state index in [-0.39, 0.29) is 37.0 Å². The fourth-order valence-electron chi connectivity index (χ4n) is 3.83. The number of para-hydroxylation sites is 1. The lowest BCUT2D eigenvalue weighted by Crippen LogP contribution is -2.52. The van der Waals surface area contributed by atoms with Gasteiger partial charge in [-0.05, 0) is 31.2 Å². The molecule has 0 spiro atoms. The minimum atomic E-state index is -3.60. The second-order valence-corrected chi connectivity index (χ2v) is 9.82. The van der Waals surface area contributed by atoms with Gasteiger partial charge in [-0.3, -0.25) is 9.78 Å². The van der Waals surface area contributed by atoms with Crippen LogP contribution in [0.5, 0.6) is 0 Å². The molecule has 34 heavy (non-hydrogen) atoms. The van der Waals surface area contributed by atoms with E-state index in [0.717, 1.165) is 16.5 Å². The maximum atomic E-state index is 12.8. The Hall–Kier alpha value is -3.56. The van der Waals surface area contributed by atoms with E-state index in [1.54, 1.807) is 42.6 Å². The Bertz CT molecular complexity index is 1310. The first-order valence-corrected chi connectivity index (χ1v) is 12.4. The number of esters is 1. The van der Waals surface area contributed by atoms with Crippen molar-refractivity contribution < 1.29 is 22.7 Å². The Labute approximate surface area is 198 Å². The molecule has 4 rings (SSSR count). The molecule has 0 N–H and O–H groups in total. The molecule has 2 aromatic carbocycles. The molecule has 1 atom stereocenters. The number of carbonyl (C=O) groups is 2. The highest BCUT2D eigenvalue weighted by atomic mass is 32.2. The molecule has 1 saturated heterocycles. The lowest BCUT2D eigenvalue weighted by atomic mass is 10.1. The Kier molecular flexibility index (Phi) is 7.04. The third-order valence-electron chi connectivity index (χ3n) is 5.63. The maximum absolute atomic E-state index is 12.8. The number of hydrogen-bond acceptors (Lipinski definition) is 6. The first-order valence-electron chi connectivity index (χ1n) is 10.9. The molecule has 0 radical (unpaired) electrons. The summed E-state index contributed by atoms with van der Waals surface area (Å²) in [6.45, 7) is 2.32. The summed E-state index contributed by atoms with van der Waals surface area (Å²) < 4.78 is 32.2. The summed E-state index contributed by atoms with van der Waals surface area (Å²) in [7, 11) is -3.60. The molecular formula is C25H25N3O5S. The van der Waals surface area contributed by atoms with Crippen molar-refractivity contribution in [3.63, 3.8) is 0 Å². The van der Waals surface area contributed by atoms with Gasteiger partial charge in [0.05, 0.1) is 10.4 Å². The molecule has 1 aliphatic heterocycles. The number of carbonyl (C=O) groups excluding carboxylic acids is 2. The second kappa shape index (κ2) is 10.1. The van der Waals surface area contributed by atoms with Crippen molar-refractivity contribution in [2.24, 2.45) is 0 Å². The van der Waals surface area contributed by atoms with Crippen molar-refractivity contribution >= 4 is 38.9 Å². The SMILES string of the molecule is CC(OC(=O)/C=C/c1cccc2cccnc12)C(=O)N1CCN(S(=O)(=O)c2ccccc2)CC1. The van der Waals surface area contributed by atoms with Gasteiger partial charge in [-0.15, -0.1) is 0 Å². The summed E-state index contributed by atoms with van der Waals surface area (Å²) in [5.41, 5.74) is 1.53. The summed E-state index contributed by atoms with van der Waals surface area (Å²) in [4.78, 5) is 31.1. The van der Waals surface area contributed by atoms with Crippen LogP contribution in [0.15, 0.2) is 77.8 Å². The van der Waals surface area contributed by atoms with Crippen LogP contribution < -0.4 is 0 Å². The summed E-state index contributed by atoms with van der Waals surface area (Å²) in [5, 5.41) is 0.954. The van der Waals surface area contributed by atoms with E-state index in [2.05, 4.69) is 4.98 Å². The van der Waals surface area contributed by atoms with E-state index < -0.39 is 22.1 Å². The first kappa shape index (κ1) is 23.6. The number of nitrogens with zero attached hydrogens (tertiary/aromatic N) is 3. The van der Waals surface area contributed by atoms with Crippen LogP contribution in [0.2, 0.25) is 0 Å². The Morgan fingerprint density at radius 1 is 0.971 bits per heavy atom. The van der Waals surface area contributed by atoms with Crippen molar-refractivity contribution in [1.82, 2.24) is 14.2 Å². The number of amides is 1. The molecule has 0 bridgehead atoms. The molecule has 8 nitrogen and oxygen atoms in total. The number of aromatic nitrogens is 1. The van der Waals surface area contributed by atoms with Crippen molar-refractivity contribution in [3.05, 3.63) is 78.5 Å². The van der Waals surface area contributed by atoms with E-state index >= 15 is 0 Å². The first-order chi connectivity index (χ1) is 16.4. The molecule has 176 valence electrons. The van der Waals surface area contributed by atoms with Crippen LogP contribution in [0.3, 0.4) is 0 Å². The molecule has 1 fully saturated rings. The van der Waals surface area contributed by atoms with E-state index in [1.165, 1.54) is 22.2 Å². The lowest BCUT2D eigenvalue weighted by Gasteiger charge is -2.35. The van der Waals surface area contributed by atoms with Crippen LogP contribution >= 0.6 is 0 Å². The zero-order chi connectivity index (χ0) is 24.1. The van der Waals surface area contributed by atoms with Crippen LogP contribution in [0, 0.1) is 0 Å². The van der Waals surface area contributed by atoms with Gasteiger partial charge in [-0.1, -0.05) is 42.5 Å².